The van der Waals surface area contributed by atoms with E-state index in [1.807, 2.05) is 28.5 Å². The fourth-order valence-corrected chi connectivity index (χ4v) is 4.96. The number of ether oxygens (including phenoxy) is 2. The van der Waals surface area contributed by atoms with E-state index in [1.165, 1.54) is 11.3 Å². The molecule has 1 saturated carbocycles. The minimum atomic E-state index is 0. The fourth-order valence-electron chi connectivity index (χ4n) is 4.17. The highest BCUT2D eigenvalue weighted by atomic mass is 35.5. The summed E-state index contributed by atoms with van der Waals surface area (Å²) in [6.45, 7) is 1.83. The standard InChI is InChI=1S/C18H19N3O3S.ClH/c19-13-3-1-11-6-21(7-12(11)13)18(22)14-8-25-17(20-14)10-2-4-15-16(5-10)24-9-23-15;/h2,4-5,8,11-13H,1,3,6-7,9,19H2;1H. The molecule has 1 aromatic carbocycles. The van der Waals surface area contributed by atoms with Crippen LogP contribution in [-0.4, -0.2) is 41.7 Å². The first-order valence-corrected chi connectivity index (χ1v) is 9.47. The van der Waals surface area contributed by atoms with Crippen molar-refractivity contribution < 1.29 is 14.3 Å². The number of nitrogens with zero attached hydrogens (tertiary/aromatic N) is 2. The molecule has 8 heteroatoms. The molecule has 3 heterocycles. The van der Waals surface area contributed by atoms with Crippen LogP contribution in [0.25, 0.3) is 10.6 Å². The first-order valence-electron chi connectivity index (χ1n) is 8.59. The number of carbonyl (C=O) groups is 1. The summed E-state index contributed by atoms with van der Waals surface area (Å²) >= 11 is 1.48. The van der Waals surface area contributed by atoms with Crippen LogP contribution < -0.4 is 15.2 Å². The molecule has 1 saturated heterocycles. The molecule has 3 aliphatic rings. The maximum absolute atomic E-state index is 12.8. The van der Waals surface area contributed by atoms with Gasteiger partial charge < -0.3 is 20.1 Å². The molecule has 2 fully saturated rings. The zero-order valence-corrected chi connectivity index (χ0v) is 15.7. The van der Waals surface area contributed by atoms with Crippen molar-refractivity contribution in [2.75, 3.05) is 19.9 Å². The number of hydrogen-bond donors (Lipinski definition) is 1. The van der Waals surface area contributed by atoms with Crippen molar-refractivity contribution in [3.8, 4) is 22.1 Å². The van der Waals surface area contributed by atoms with Gasteiger partial charge in [0.2, 0.25) is 6.79 Å². The number of aromatic nitrogens is 1. The monoisotopic (exact) mass is 393 g/mol. The molecule has 2 aliphatic heterocycles. The molecule has 0 bridgehead atoms. The highest BCUT2D eigenvalue weighted by Crippen LogP contribution is 2.39. The third-order valence-corrected chi connectivity index (χ3v) is 6.43. The van der Waals surface area contributed by atoms with Gasteiger partial charge in [-0.05, 0) is 42.9 Å². The molecule has 2 aromatic rings. The first kappa shape index (κ1) is 17.6. The van der Waals surface area contributed by atoms with Gasteiger partial charge in [0.25, 0.3) is 5.91 Å². The molecule has 1 aliphatic carbocycles. The van der Waals surface area contributed by atoms with Gasteiger partial charge in [-0.3, -0.25) is 4.79 Å². The lowest BCUT2D eigenvalue weighted by atomic mass is 9.98. The maximum atomic E-state index is 12.8. The van der Waals surface area contributed by atoms with Gasteiger partial charge in [-0.2, -0.15) is 0 Å². The first-order chi connectivity index (χ1) is 12.2. The van der Waals surface area contributed by atoms with Gasteiger partial charge in [0.15, 0.2) is 11.5 Å². The molecule has 1 amide bonds. The van der Waals surface area contributed by atoms with Crippen molar-refractivity contribution in [2.24, 2.45) is 17.6 Å². The Kier molecular flexibility index (Phi) is 4.54. The van der Waals surface area contributed by atoms with Crippen LogP contribution >= 0.6 is 23.7 Å². The van der Waals surface area contributed by atoms with Gasteiger partial charge >= 0.3 is 0 Å². The fraction of sp³-hybridized carbons (Fsp3) is 0.444. The summed E-state index contributed by atoms with van der Waals surface area (Å²) in [6, 6.07) is 5.97. The molecule has 5 rings (SSSR count). The Morgan fingerprint density at radius 3 is 2.92 bits per heavy atom. The Labute approximate surface area is 161 Å². The second kappa shape index (κ2) is 6.72. The lowest BCUT2D eigenvalue weighted by molar-refractivity contribution is 0.0774. The number of amides is 1. The largest absolute Gasteiger partial charge is 0.454 e. The van der Waals surface area contributed by atoms with Gasteiger partial charge in [0.05, 0.1) is 0 Å². The molecule has 3 unspecified atom stereocenters. The SMILES string of the molecule is Cl.NC1CCC2CN(C(=O)c3csc(-c4ccc5c(c4)OCO5)n3)CC12. The lowest BCUT2D eigenvalue weighted by Gasteiger charge is -2.17. The second-order valence-electron chi connectivity index (χ2n) is 6.98. The normalized spacial score (nSPS) is 25.9. The van der Waals surface area contributed by atoms with E-state index in [4.69, 9.17) is 15.2 Å². The molecule has 0 radical (unpaired) electrons. The van der Waals surface area contributed by atoms with E-state index >= 15 is 0 Å². The van der Waals surface area contributed by atoms with E-state index in [0.29, 0.717) is 17.5 Å². The summed E-state index contributed by atoms with van der Waals surface area (Å²) in [7, 11) is 0. The number of carbonyl (C=O) groups excluding carboxylic acids is 1. The molecular weight excluding hydrogens is 374 g/mol. The number of likely N-dealkylation sites (tertiary alicyclic amines) is 1. The summed E-state index contributed by atoms with van der Waals surface area (Å²) in [5.74, 6) is 2.50. The maximum Gasteiger partial charge on any atom is 0.273 e. The van der Waals surface area contributed by atoms with E-state index in [0.717, 1.165) is 48.0 Å². The molecule has 0 spiro atoms. The van der Waals surface area contributed by atoms with Crippen molar-refractivity contribution in [3.63, 3.8) is 0 Å². The van der Waals surface area contributed by atoms with Crippen LogP contribution in [0.3, 0.4) is 0 Å². The molecule has 26 heavy (non-hydrogen) atoms. The minimum absolute atomic E-state index is 0. The van der Waals surface area contributed by atoms with Gasteiger partial charge in [-0.25, -0.2) is 4.98 Å². The Morgan fingerprint density at radius 1 is 1.23 bits per heavy atom. The summed E-state index contributed by atoms with van der Waals surface area (Å²) < 4.78 is 10.8. The Hall–Kier alpha value is -1.83. The minimum Gasteiger partial charge on any atom is -0.454 e. The third-order valence-electron chi connectivity index (χ3n) is 5.54. The number of rotatable bonds is 2. The molecule has 2 N–H and O–H groups in total. The van der Waals surface area contributed by atoms with Crippen LogP contribution in [0.1, 0.15) is 23.3 Å². The van der Waals surface area contributed by atoms with Crippen molar-refractivity contribution in [3.05, 3.63) is 29.3 Å². The predicted molar refractivity (Wildman–Crippen MR) is 101 cm³/mol. The number of fused-ring (bicyclic) bond motifs is 2. The van der Waals surface area contributed by atoms with Crippen LogP contribution in [-0.2, 0) is 0 Å². The zero-order chi connectivity index (χ0) is 17.0. The van der Waals surface area contributed by atoms with E-state index in [-0.39, 0.29) is 31.1 Å². The summed E-state index contributed by atoms with van der Waals surface area (Å²) in [5, 5.41) is 2.66. The summed E-state index contributed by atoms with van der Waals surface area (Å²) in [5.41, 5.74) is 7.63. The average Bonchev–Trinajstić information content (AvgIpc) is 3.39. The second-order valence-corrected chi connectivity index (χ2v) is 7.84. The molecule has 6 nitrogen and oxygen atoms in total. The van der Waals surface area contributed by atoms with E-state index in [9.17, 15) is 4.79 Å². The van der Waals surface area contributed by atoms with Crippen LogP contribution in [0.2, 0.25) is 0 Å². The molecule has 1 aromatic heterocycles. The van der Waals surface area contributed by atoms with Crippen LogP contribution in [0, 0.1) is 11.8 Å². The zero-order valence-electron chi connectivity index (χ0n) is 14.1. The highest BCUT2D eigenvalue weighted by molar-refractivity contribution is 7.13. The average molecular weight is 394 g/mol. The quantitative estimate of drug-likeness (QED) is 0.848. The Balaban J connectivity index is 0.00000168. The molecule has 138 valence electrons. The number of thiazole rings is 1. The van der Waals surface area contributed by atoms with Crippen LogP contribution in [0.5, 0.6) is 11.5 Å². The topological polar surface area (TPSA) is 77.7 Å². The molecule has 3 atom stereocenters. The van der Waals surface area contributed by atoms with E-state index < -0.39 is 0 Å². The van der Waals surface area contributed by atoms with Crippen molar-refractivity contribution in [1.29, 1.82) is 0 Å². The van der Waals surface area contributed by atoms with Crippen molar-refractivity contribution >= 4 is 29.7 Å². The number of benzene rings is 1. The molecular formula is C18H20ClN3O3S. The number of hydrogen-bond acceptors (Lipinski definition) is 6. The van der Waals surface area contributed by atoms with Crippen LogP contribution in [0.4, 0.5) is 0 Å². The van der Waals surface area contributed by atoms with Gasteiger partial charge in [0, 0.05) is 30.1 Å². The van der Waals surface area contributed by atoms with Crippen molar-refractivity contribution in [2.45, 2.75) is 18.9 Å². The van der Waals surface area contributed by atoms with Crippen molar-refractivity contribution in [1.82, 2.24) is 9.88 Å². The Bertz CT molecular complexity index is 843. The summed E-state index contributed by atoms with van der Waals surface area (Å²) in [6.07, 6.45) is 2.22. The third kappa shape index (κ3) is 2.84. The Morgan fingerprint density at radius 2 is 2.08 bits per heavy atom. The smallest absolute Gasteiger partial charge is 0.273 e. The highest BCUT2D eigenvalue weighted by Gasteiger charge is 2.42. The van der Waals surface area contributed by atoms with Gasteiger partial charge in [-0.1, -0.05) is 0 Å². The lowest BCUT2D eigenvalue weighted by Crippen LogP contribution is -2.33. The summed E-state index contributed by atoms with van der Waals surface area (Å²) in [4.78, 5) is 19.3. The number of halogens is 1. The predicted octanol–water partition coefficient (Wildman–Crippen LogP) is 2.77. The number of nitrogens with two attached hydrogens (primary N) is 1. The van der Waals surface area contributed by atoms with Crippen LogP contribution in [0.15, 0.2) is 23.6 Å². The van der Waals surface area contributed by atoms with E-state index in [2.05, 4.69) is 4.98 Å². The van der Waals surface area contributed by atoms with Gasteiger partial charge in [0.1, 0.15) is 10.7 Å². The van der Waals surface area contributed by atoms with E-state index in [1.54, 1.807) is 0 Å². The van der Waals surface area contributed by atoms with Gasteiger partial charge in [-0.15, -0.1) is 23.7 Å².